The summed E-state index contributed by atoms with van der Waals surface area (Å²) >= 11 is 3.37. The van der Waals surface area contributed by atoms with Crippen LogP contribution in [0.15, 0.2) is 28.7 Å². The molecule has 1 aromatic carbocycles. The molecule has 1 unspecified atom stereocenters. The lowest BCUT2D eigenvalue weighted by Crippen LogP contribution is -2.38. The van der Waals surface area contributed by atoms with Gasteiger partial charge in [-0.25, -0.2) is 0 Å². The molecule has 0 spiro atoms. The van der Waals surface area contributed by atoms with Crippen molar-refractivity contribution >= 4 is 27.5 Å². The maximum Gasteiger partial charge on any atom is 0.225 e. The van der Waals surface area contributed by atoms with E-state index in [1.165, 1.54) is 0 Å². The maximum absolute atomic E-state index is 11.9. The van der Waals surface area contributed by atoms with E-state index in [1.54, 1.807) is 0 Å². The van der Waals surface area contributed by atoms with Crippen molar-refractivity contribution in [3.05, 3.63) is 28.7 Å². The Bertz CT molecular complexity index is 436. The fourth-order valence-electron chi connectivity index (χ4n) is 2.52. The molecule has 0 saturated carbocycles. The Morgan fingerprint density at radius 1 is 1.40 bits per heavy atom. The Balaban J connectivity index is 1.73. The average Bonchev–Trinajstić information content (AvgIpc) is 2.48. The van der Waals surface area contributed by atoms with Crippen LogP contribution >= 0.6 is 15.9 Å². The molecule has 1 heterocycles. The van der Waals surface area contributed by atoms with Crippen LogP contribution in [0.2, 0.25) is 0 Å². The summed E-state index contributed by atoms with van der Waals surface area (Å²) in [5, 5.41) is 12.1. The van der Waals surface area contributed by atoms with Crippen LogP contribution in [0.1, 0.15) is 19.3 Å². The van der Waals surface area contributed by atoms with Gasteiger partial charge >= 0.3 is 0 Å². The van der Waals surface area contributed by atoms with Gasteiger partial charge in [0.15, 0.2) is 0 Å². The number of nitrogens with one attached hydrogen (secondary N) is 1. The largest absolute Gasteiger partial charge is 0.396 e. The predicted octanol–water partition coefficient (Wildman–Crippen LogP) is 2.48. The van der Waals surface area contributed by atoms with Gasteiger partial charge in [-0.3, -0.25) is 4.79 Å². The first-order chi connectivity index (χ1) is 9.67. The Morgan fingerprint density at radius 2 is 2.15 bits per heavy atom. The smallest absolute Gasteiger partial charge is 0.225 e. The Hall–Kier alpha value is -0.910. The second kappa shape index (κ2) is 7.76. The van der Waals surface area contributed by atoms with Gasteiger partial charge in [0.2, 0.25) is 5.91 Å². The second-order valence-corrected chi connectivity index (χ2v) is 6.21. The summed E-state index contributed by atoms with van der Waals surface area (Å²) in [6.07, 6.45) is 2.70. The summed E-state index contributed by atoms with van der Waals surface area (Å²) in [5.74, 6) is 0.414. The number of benzene rings is 1. The maximum atomic E-state index is 11.9. The van der Waals surface area contributed by atoms with Gasteiger partial charge in [-0.15, -0.1) is 0 Å². The van der Waals surface area contributed by atoms with Crippen LogP contribution < -0.4 is 5.32 Å². The van der Waals surface area contributed by atoms with Gasteiger partial charge < -0.3 is 15.3 Å². The number of aliphatic hydroxyl groups is 1. The Kier molecular flexibility index (Phi) is 6.01. The molecule has 0 aliphatic carbocycles. The zero-order chi connectivity index (χ0) is 14.4. The molecule has 1 atom stereocenters. The fourth-order valence-corrected chi connectivity index (χ4v) is 2.78. The van der Waals surface area contributed by atoms with Crippen molar-refractivity contribution in [3.63, 3.8) is 0 Å². The lowest BCUT2D eigenvalue weighted by molar-refractivity contribution is -0.116. The van der Waals surface area contributed by atoms with E-state index in [0.717, 1.165) is 42.6 Å². The van der Waals surface area contributed by atoms with Gasteiger partial charge in [-0.1, -0.05) is 15.9 Å². The van der Waals surface area contributed by atoms with Crippen LogP contribution in [0.4, 0.5) is 5.69 Å². The first kappa shape index (κ1) is 15.5. The van der Waals surface area contributed by atoms with Crippen molar-refractivity contribution in [2.45, 2.75) is 19.3 Å². The average molecular weight is 341 g/mol. The highest BCUT2D eigenvalue weighted by Crippen LogP contribution is 2.17. The highest BCUT2D eigenvalue weighted by molar-refractivity contribution is 9.10. The van der Waals surface area contributed by atoms with E-state index >= 15 is 0 Å². The normalized spacial score (nSPS) is 19.8. The molecule has 2 rings (SSSR count). The van der Waals surface area contributed by atoms with Crippen LogP contribution in [0.3, 0.4) is 0 Å². The van der Waals surface area contributed by atoms with Gasteiger partial charge in [0.25, 0.3) is 0 Å². The minimum Gasteiger partial charge on any atom is -0.396 e. The SMILES string of the molecule is O=C(CCN1CCCC(CO)C1)Nc1ccc(Br)cc1. The molecule has 1 aliphatic heterocycles. The molecule has 110 valence electrons. The number of aliphatic hydroxyl groups excluding tert-OH is 1. The molecule has 1 amide bonds. The molecule has 1 fully saturated rings. The van der Waals surface area contributed by atoms with Gasteiger partial charge in [-0.05, 0) is 49.6 Å². The minimum atomic E-state index is 0.0402. The first-order valence-electron chi connectivity index (χ1n) is 7.06. The molecule has 5 heteroatoms. The summed E-state index contributed by atoms with van der Waals surface area (Å²) < 4.78 is 0.999. The van der Waals surface area contributed by atoms with Crippen molar-refractivity contribution in [2.24, 2.45) is 5.92 Å². The van der Waals surface area contributed by atoms with Crippen LogP contribution in [-0.2, 0) is 4.79 Å². The van der Waals surface area contributed by atoms with Crippen LogP contribution in [-0.4, -0.2) is 42.2 Å². The number of likely N-dealkylation sites (tertiary alicyclic amines) is 1. The van der Waals surface area contributed by atoms with E-state index in [0.29, 0.717) is 12.3 Å². The standard InChI is InChI=1S/C15H21BrN2O2/c16-13-3-5-14(6-4-13)17-15(20)7-9-18-8-1-2-12(10-18)11-19/h3-6,12,19H,1-2,7-11H2,(H,17,20). The number of amides is 1. The minimum absolute atomic E-state index is 0.0402. The summed E-state index contributed by atoms with van der Waals surface area (Å²) in [5.41, 5.74) is 0.824. The van der Waals surface area contributed by atoms with E-state index in [4.69, 9.17) is 0 Å². The number of piperidine rings is 1. The summed E-state index contributed by atoms with van der Waals surface area (Å²) in [6, 6.07) is 7.58. The predicted molar refractivity (Wildman–Crippen MR) is 83.6 cm³/mol. The molecule has 1 saturated heterocycles. The van der Waals surface area contributed by atoms with E-state index < -0.39 is 0 Å². The summed E-state index contributed by atoms with van der Waals surface area (Å²) in [4.78, 5) is 14.2. The molecule has 1 aliphatic rings. The lowest BCUT2D eigenvalue weighted by Gasteiger charge is -2.31. The number of rotatable bonds is 5. The third-order valence-corrected chi connectivity index (χ3v) is 4.17. The molecular formula is C15H21BrN2O2. The third-order valence-electron chi connectivity index (χ3n) is 3.64. The van der Waals surface area contributed by atoms with Crippen molar-refractivity contribution in [1.29, 1.82) is 0 Å². The molecule has 0 aromatic heterocycles. The van der Waals surface area contributed by atoms with Crippen molar-refractivity contribution in [2.75, 3.05) is 31.6 Å². The van der Waals surface area contributed by atoms with E-state index in [1.807, 2.05) is 24.3 Å². The zero-order valence-electron chi connectivity index (χ0n) is 11.5. The first-order valence-corrected chi connectivity index (χ1v) is 7.85. The van der Waals surface area contributed by atoms with E-state index in [2.05, 4.69) is 26.1 Å². The zero-order valence-corrected chi connectivity index (χ0v) is 13.1. The Morgan fingerprint density at radius 3 is 2.85 bits per heavy atom. The molecule has 0 bridgehead atoms. The number of hydrogen-bond donors (Lipinski definition) is 2. The second-order valence-electron chi connectivity index (χ2n) is 5.30. The van der Waals surface area contributed by atoms with Crippen molar-refractivity contribution in [1.82, 2.24) is 4.90 Å². The molecular weight excluding hydrogens is 320 g/mol. The Labute approximate surface area is 128 Å². The van der Waals surface area contributed by atoms with Crippen LogP contribution in [0, 0.1) is 5.92 Å². The fraction of sp³-hybridized carbons (Fsp3) is 0.533. The molecule has 1 aromatic rings. The van der Waals surface area contributed by atoms with Gasteiger partial charge in [-0.2, -0.15) is 0 Å². The topological polar surface area (TPSA) is 52.6 Å². The van der Waals surface area contributed by atoms with E-state index in [9.17, 15) is 9.90 Å². The van der Waals surface area contributed by atoms with Crippen molar-refractivity contribution in [3.8, 4) is 0 Å². The van der Waals surface area contributed by atoms with Crippen molar-refractivity contribution < 1.29 is 9.90 Å². The molecule has 20 heavy (non-hydrogen) atoms. The van der Waals surface area contributed by atoms with Gasteiger partial charge in [0, 0.05) is 36.3 Å². The third kappa shape index (κ3) is 4.89. The molecule has 2 N–H and O–H groups in total. The number of carbonyl (C=O) groups excluding carboxylic acids is 1. The molecule has 4 nitrogen and oxygen atoms in total. The quantitative estimate of drug-likeness (QED) is 0.865. The molecule has 0 radical (unpaired) electrons. The highest BCUT2D eigenvalue weighted by Gasteiger charge is 2.19. The number of nitrogens with zero attached hydrogens (tertiary/aromatic N) is 1. The monoisotopic (exact) mass is 340 g/mol. The number of halogens is 1. The van der Waals surface area contributed by atoms with Gasteiger partial charge in [0.1, 0.15) is 0 Å². The van der Waals surface area contributed by atoms with Crippen LogP contribution in [0.25, 0.3) is 0 Å². The van der Waals surface area contributed by atoms with Crippen LogP contribution in [0.5, 0.6) is 0 Å². The highest BCUT2D eigenvalue weighted by atomic mass is 79.9. The number of hydrogen-bond acceptors (Lipinski definition) is 3. The van der Waals surface area contributed by atoms with E-state index in [-0.39, 0.29) is 12.5 Å². The van der Waals surface area contributed by atoms with Gasteiger partial charge in [0.05, 0.1) is 0 Å². The summed E-state index contributed by atoms with van der Waals surface area (Å²) in [6.45, 7) is 2.95. The number of anilines is 1. The summed E-state index contributed by atoms with van der Waals surface area (Å²) in [7, 11) is 0. The number of carbonyl (C=O) groups is 1. The lowest BCUT2D eigenvalue weighted by atomic mass is 9.99.